The quantitative estimate of drug-likeness (QED) is 0.171. The fourth-order valence-electron chi connectivity index (χ4n) is 3.56. The van der Waals surface area contributed by atoms with Crippen LogP contribution in [0.5, 0.6) is 0 Å². The molecule has 0 atom stereocenters. The molecule has 0 amide bonds. The Hall–Kier alpha value is 0.269. The van der Waals surface area contributed by atoms with E-state index in [-0.39, 0.29) is 6.42 Å². The van der Waals surface area contributed by atoms with Crippen LogP contribution < -0.4 is 5.11 Å². The van der Waals surface area contributed by atoms with Crippen molar-refractivity contribution in [1.29, 1.82) is 0 Å². The Bertz CT molecular complexity index is 290. The van der Waals surface area contributed by atoms with Crippen molar-refractivity contribution in [3.05, 3.63) is 0 Å². The molecule has 0 heterocycles. The van der Waals surface area contributed by atoms with Gasteiger partial charge >= 0.3 is 92.4 Å². The van der Waals surface area contributed by atoms with E-state index in [1.165, 1.54) is 44.9 Å². The minimum absolute atomic E-state index is 0.232. The van der Waals surface area contributed by atoms with E-state index in [9.17, 15) is 9.90 Å². The number of unbranched alkanes of at least 4 members (excludes halogenated alkanes) is 8. The number of carboxylic acids is 1. The molecule has 0 rings (SSSR count). The zero-order valence-electron chi connectivity index (χ0n) is 19.7. The van der Waals surface area contributed by atoms with Crippen molar-refractivity contribution in [2.45, 2.75) is 126 Å². The van der Waals surface area contributed by atoms with Crippen molar-refractivity contribution in [3.63, 3.8) is 0 Å². The molecule has 0 aliphatic carbocycles. The Morgan fingerprint density at radius 2 is 1.00 bits per heavy atom. The first kappa shape index (κ1) is 29.5. The maximum Gasteiger partial charge on any atom is 0.0414 e. The van der Waals surface area contributed by atoms with E-state index in [1.54, 1.807) is 13.3 Å². The van der Waals surface area contributed by atoms with E-state index in [0.29, 0.717) is 0 Å². The van der Waals surface area contributed by atoms with Gasteiger partial charge in [-0.2, -0.15) is 0 Å². The Labute approximate surface area is 179 Å². The summed E-state index contributed by atoms with van der Waals surface area (Å²) < 4.78 is 4.83. The summed E-state index contributed by atoms with van der Waals surface area (Å²) in [5.74, 6) is 1.94. The second-order valence-corrected chi connectivity index (χ2v) is 17.3. The van der Waals surface area contributed by atoms with E-state index in [1.807, 2.05) is 0 Å². The van der Waals surface area contributed by atoms with Crippen molar-refractivity contribution in [1.82, 2.24) is 0 Å². The molecular weight excluding hydrogens is 439 g/mol. The van der Waals surface area contributed by atoms with Gasteiger partial charge in [0.2, 0.25) is 0 Å². The van der Waals surface area contributed by atoms with Crippen LogP contribution in [-0.2, 0) is 4.79 Å². The largest absolute Gasteiger partial charge is 0.550 e. The third-order valence-electron chi connectivity index (χ3n) is 4.58. The van der Waals surface area contributed by atoms with Gasteiger partial charge < -0.3 is 9.90 Å². The second-order valence-electron chi connectivity index (χ2n) is 9.49. The summed E-state index contributed by atoms with van der Waals surface area (Å²) in [7, 11) is 0. The predicted molar refractivity (Wildman–Crippen MR) is 122 cm³/mol. The fourth-order valence-corrected chi connectivity index (χ4v) is 14.9. The number of carbonyl (C=O) groups excluding carboxylic acids is 1. The zero-order chi connectivity index (χ0) is 21.1. The number of hydrogen-bond donors (Lipinski definition) is 0. The van der Waals surface area contributed by atoms with E-state index >= 15 is 0 Å². The van der Waals surface area contributed by atoms with Gasteiger partial charge in [-0.1, -0.05) is 58.3 Å². The molecule has 0 saturated heterocycles. The third-order valence-corrected chi connectivity index (χ3v) is 16.5. The first-order valence-electron chi connectivity index (χ1n) is 11.7. The summed E-state index contributed by atoms with van der Waals surface area (Å²) in [6.07, 6.45) is 11.2. The van der Waals surface area contributed by atoms with Crippen molar-refractivity contribution < 1.29 is 9.90 Å². The predicted octanol–water partition coefficient (Wildman–Crippen LogP) is 7.11. The van der Waals surface area contributed by atoms with Crippen LogP contribution in [0.2, 0.25) is 13.3 Å². The van der Waals surface area contributed by atoms with Gasteiger partial charge in [0, 0.05) is 5.97 Å². The molecule has 0 aromatic heterocycles. The summed E-state index contributed by atoms with van der Waals surface area (Å²) in [4.78, 5) is 10.1. The summed E-state index contributed by atoms with van der Waals surface area (Å²) in [5.41, 5.74) is 0. The van der Waals surface area contributed by atoms with Crippen molar-refractivity contribution in [3.8, 4) is 0 Å². The van der Waals surface area contributed by atoms with Crippen LogP contribution in [0.15, 0.2) is 0 Å². The smallest absolute Gasteiger partial charge is 0.0414 e. The van der Waals surface area contributed by atoms with Gasteiger partial charge in [-0.25, -0.2) is 0 Å². The van der Waals surface area contributed by atoms with Gasteiger partial charge in [-0.3, -0.25) is 0 Å². The molecule has 0 aromatic rings. The van der Waals surface area contributed by atoms with E-state index < -0.39 is 25.7 Å². The maximum absolute atomic E-state index is 10.1. The number of rotatable bonds is 16. The van der Waals surface area contributed by atoms with Crippen LogP contribution in [0.1, 0.15) is 113 Å². The average molecular weight is 489 g/mol. The molecular formula is C24H50O2Sn. The Morgan fingerprint density at radius 3 is 1.30 bits per heavy atom. The Balaban J connectivity index is 0. The summed E-state index contributed by atoms with van der Waals surface area (Å²) in [5, 5.41) is 10.1. The van der Waals surface area contributed by atoms with Crippen molar-refractivity contribution >= 4 is 25.7 Å². The molecule has 162 valence electrons. The summed E-state index contributed by atoms with van der Waals surface area (Å²) >= 11 is -0.976. The molecule has 0 N–H and O–H groups in total. The molecule has 0 aliphatic rings. The van der Waals surface area contributed by atoms with Gasteiger partial charge in [0.05, 0.1) is 0 Å². The number of carbonyl (C=O) groups is 1. The van der Waals surface area contributed by atoms with E-state index in [2.05, 4.69) is 48.5 Å². The van der Waals surface area contributed by atoms with Gasteiger partial charge in [0.25, 0.3) is 0 Å². The van der Waals surface area contributed by atoms with Crippen LogP contribution in [0, 0.1) is 17.8 Å². The van der Waals surface area contributed by atoms with Gasteiger partial charge in [0.1, 0.15) is 0 Å². The van der Waals surface area contributed by atoms with Crippen LogP contribution in [0.4, 0.5) is 0 Å². The second kappa shape index (κ2) is 21.0. The molecule has 0 unspecified atom stereocenters. The zero-order valence-corrected chi connectivity index (χ0v) is 22.6. The van der Waals surface area contributed by atoms with E-state index in [4.69, 9.17) is 0 Å². The number of aliphatic carboxylic acids is 1. The van der Waals surface area contributed by atoms with Gasteiger partial charge in [-0.05, 0) is 12.8 Å². The van der Waals surface area contributed by atoms with Crippen molar-refractivity contribution in [2.75, 3.05) is 0 Å². The average Bonchev–Trinajstić information content (AvgIpc) is 2.51. The molecule has 0 aromatic carbocycles. The molecule has 0 spiro atoms. The number of carboxylic acid groups (broad SMARTS) is 1. The SMILES string of the molecule is CC(C)[CH2][Sn+]([CH2]C(C)C)[CH2]C(C)C.CCCCCCCCCCCC(=O)[O-]. The van der Waals surface area contributed by atoms with Gasteiger partial charge in [-0.15, -0.1) is 0 Å². The summed E-state index contributed by atoms with van der Waals surface area (Å²) in [6, 6.07) is 0. The fraction of sp³-hybridized carbons (Fsp3) is 0.958. The topological polar surface area (TPSA) is 40.1 Å². The monoisotopic (exact) mass is 490 g/mol. The summed E-state index contributed by atoms with van der Waals surface area (Å²) in [6.45, 7) is 16.6. The van der Waals surface area contributed by atoms with E-state index in [0.717, 1.165) is 30.6 Å². The molecule has 0 saturated carbocycles. The molecule has 2 nitrogen and oxygen atoms in total. The minimum atomic E-state index is -0.976. The molecule has 0 aliphatic heterocycles. The maximum atomic E-state index is 10.1. The molecule has 0 fully saturated rings. The third kappa shape index (κ3) is 28.6. The van der Waals surface area contributed by atoms with Crippen LogP contribution >= 0.6 is 0 Å². The standard InChI is InChI=1S/C12H24O2.3C4H9.Sn/c1-2-3-4-5-6-7-8-9-10-11-12(13)14;3*1-4(2)3;/h2-11H2,1H3,(H,13,14);3*4H,1H2,2-3H3;/q;;;;+1/p-1. The molecule has 3 heteroatoms. The normalized spacial score (nSPS) is 11.0. The molecule has 27 heavy (non-hydrogen) atoms. The molecule has 0 radical (unpaired) electrons. The first-order valence-corrected chi connectivity index (χ1v) is 17.8. The Morgan fingerprint density at radius 1 is 0.667 bits per heavy atom. The number of hydrogen-bond acceptors (Lipinski definition) is 2. The van der Waals surface area contributed by atoms with Crippen LogP contribution in [-0.4, -0.2) is 25.7 Å². The Kier molecular flexibility index (Phi) is 22.9. The van der Waals surface area contributed by atoms with Crippen molar-refractivity contribution in [2.24, 2.45) is 17.8 Å². The van der Waals surface area contributed by atoms with Gasteiger partial charge in [0.15, 0.2) is 0 Å². The first-order chi connectivity index (χ1) is 12.7. The minimum Gasteiger partial charge on any atom is -0.550 e. The molecule has 0 bridgehead atoms. The van der Waals surface area contributed by atoms with Crippen LogP contribution in [0.3, 0.4) is 0 Å². The van der Waals surface area contributed by atoms with Crippen LogP contribution in [0.25, 0.3) is 0 Å².